The summed E-state index contributed by atoms with van der Waals surface area (Å²) in [5.74, 6) is -0.637. The summed E-state index contributed by atoms with van der Waals surface area (Å²) < 4.78 is 31.1. The first-order valence-corrected chi connectivity index (χ1v) is 6.08. The van der Waals surface area contributed by atoms with E-state index in [9.17, 15) is 8.78 Å². The molecule has 0 aliphatic heterocycles. The fraction of sp³-hybridized carbons (Fsp3) is 0.462. The molecule has 1 aromatic rings. The Labute approximate surface area is 135 Å². The Bertz CT molecular complexity index is 442. The predicted molar refractivity (Wildman–Crippen MR) is 86.9 cm³/mol. The highest BCUT2D eigenvalue weighted by molar-refractivity contribution is 14.0. The Hall–Kier alpha value is -1.12. The zero-order chi connectivity index (χ0) is 14.3. The Morgan fingerprint density at radius 1 is 1.35 bits per heavy atom. The van der Waals surface area contributed by atoms with E-state index in [1.807, 2.05) is 13.8 Å². The molecule has 1 aromatic carbocycles. The molecule has 0 aromatic heterocycles. The largest absolute Gasteiger partial charge is 0.489 e. The van der Waals surface area contributed by atoms with Crippen molar-refractivity contribution in [2.75, 3.05) is 20.2 Å². The van der Waals surface area contributed by atoms with Gasteiger partial charge in [-0.3, -0.25) is 4.99 Å². The van der Waals surface area contributed by atoms with Crippen LogP contribution in [0.5, 0.6) is 5.75 Å². The van der Waals surface area contributed by atoms with Crippen LogP contribution < -0.4 is 15.4 Å². The second-order valence-corrected chi connectivity index (χ2v) is 4.22. The van der Waals surface area contributed by atoms with Gasteiger partial charge < -0.3 is 15.4 Å². The standard InChI is InChI=1S/C13H19F2N3O.HI/c1-9(2)18-13(16-3)17-6-7-19-12-5-4-10(14)8-11(12)15;/h4-5,8-9H,6-7H2,1-3H3,(H2,16,17,18);1H. The minimum absolute atomic E-state index is 0. The van der Waals surface area contributed by atoms with Crippen LogP contribution in [0.1, 0.15) is 13.8 Å². The molecule has 1 rings (SSSR count). The number of benzene rings is 1. The third-order valence-electron chi connectivity index (χ3n) is 2.19. The summed E-state index contributed by atoms with van der Waals surface area (Å²) in [7, 11) is 1.66. The van der Waals surface area contributed by atoms with Crippen molar-refractivity contribution in [1.29, 1.82) is 0 Å². The summed E-state index contributed by atoms with van der Waals surface area (Å²) in [6.45, 7) is 4.71. The molecule has 0 aliphatic rings. The number of guanidine groups is 1. The second kappa shape index (κ2) is 9.73. The van der Waals surface area contributed by atoms with Crippen molar-refractivity contribution in [3.63, 3.8) is 0 Å². The van der Waals surface area contributed by atoms with Gasteiger partial charge in [0, 0.05) is 19.2 Å². The van der Waals surface area contributed by atoms with Gasteiger partial charge in [0.1, 0.15) is 12.4 Å². The molecule has 0 bridgehead atoms. The van der Waals surface area contributed by atoms with E-state index < -0.39 is 11.6 Å². The van der Waals surface area contributed by atoms with Crippen molar-refractivity contribution < 1.29 is 13.5 Å². The molecular formula is C13H20F2IN3O. The van der Waals surface area contributed by atoms with Crippen LogP contribution >= 0.6 is 24.0 Å². The van der Waals surface area contributed by atoms with Gasteiger partial charge in [-0.1, -0.05) is 0 Å². The molecule has 0 heterocycles. The molecule has 2 N–H and O–H groups in total. The maximum Gasteiger partial charge on any atom is 0.191 e. The van der Waals surface area contributed by atoms with Crippen molar-refractivity contribution in [2.45, 2.75) is 19.9 Å². The van der Waals surface area contributed by atoms with Gasteiger partial charge in [-0.2, -0.15) is 0 Å². The number of rotatable bonds is 5. The van der Waals surface area contributed by atoms with Crippen LogP contribution in [0.4, 0.5) is 8.78 Å². The Balaban J connectivity index is 0.00000361. The quantitative estimate of drug-likeness (QED) is 0.346. The monoisotopic (exact) mass is 399 g/mol. The molecule has 0 fully saturated rings. The van der Waals surface area contributed by atoms with Gasteiger partial charge in [0.2, 0.25) is 0 Å². The number of ether oxygens (including phenoxy) is 1. The van der Waals surface area contributed by atoms with E-state index in [4.69, 9.17) is 4.74 Å². The zero-order valence-corrected chi connectivity index (χ0v) is 14.1. The summed E-state index contributed by atoms with van der Waals surface area (Å²) in [6, 6.07) is 3.49. The van der Waals surface area contributed by atoms with Gasteiger partial charge in [0.15, 0.2) is 17.5 Å². The van der Waals surface area contributed by atoms with Crippen LogP contribution in [0.15, 0.2) is 23.2 Å². The normalized spacial score (nSPS) is 11.0. The molecule has 20 heavy (non-hydrogen) atoms. The molecule has 0 radical (unpaired) electrons. The van der Waals surface area contributed by atoms with Crippen LogP contribution in [-0.2, 0) is 0 Å². The average molecular weight is 399 g/mol. The Kier molecular flexibility index (Phi) is 9.19. The predicted octanol–water partition coefficient (Wildman–Crippen LogP) is 2.54. The summed E-state index contributed by atoms with van der Waals surface area (Å²) in [4.78, 5) is 4.02. The van der Waals surface area contributed by atoms with Gasteiger partial charge in [-0.05, 0) is 26.0 Å². The van der Waals surface area contributed by atoms with Crippen LogP contribution in [0.2, 0.25) is 0 Å². The molecule has 0 saturated carbocycles. The lowest BCUT2D eigenvalue weighted by Crippen LogP contribution is -2.42. The minimum atomic E-state index is -0.704. The van der Waals surface area contributed by atoms with Crippen molar-refractivity contribution in [3.05, 3.63) is 29.8 Å². The van der Waals surface area contributed by atoms with Crippen molar-refractivity contribution in [1.82, 2.24) is 10.6 Å². The lowest BCUT2D eigenvalue weighted by atomic mass is 10.3. The molecule has 0 spiro atoms. The summed E-state index contributed by atoms with van der Waals surface area (Å²) in [6.07, 6.45) is 0. The highest BCUT2D eigenvalue weighted by atomic mass is 127. The molecule has 7 heteroatoms. The average Bonchev–Trinajstić information content (AvgIpc) is 2.34. The second-order valence-electron chi connectivity index (χ2n) is 4.22. The number of hydrogen-bond donors (Lipinski definition) is 2. The van der Waals surface area contributed by atoms with Crippen molar-refractivity contribution in [2.24, 2.45) is 4.99 Å². The van der Waals surface area contributed by atoms with Crippen LogP contribution in [-0.4, -0.2) is 32.2 Å². The van der Waals surface area contributed by atoms with Crippen LogP contribution in [0.25, 0.3) is 0 Å². The third kappa shape index (κ3) is 6.88. The van der Waals surface area contributed by atoms with E-state index in [0.29, 0.717) is 12.5 Å². The van der Waals surface area contributed by atoms with E-state index in [1.54, 1.807) is 7.05 Å². The van der Waals surface area contributed by atoms with E-state index in [0.717, 1.165) is 12.1 Å². The molecule has 0 atom stereocenters. The van der Waals surface area contributed by atoms with E-state index in [-0.39, 0.29) is 42.4 Å². The lowest BCUT2D eigenvalue weighted by molar-refractivity contribution is 0.304. The first kappa shape index (κ1) is 18.9. The molecular weight excluding hydrogens is 379 g/mol. The fourth-order valence-electron chi connectivity index (χ4n) is 1.39. The van der Waals surface area contributed by atoms with Crippen molar-refractivity contribution >= 4 is 29.9 Å². The molecule has 0 amide bonds. The fourth-order valence-corrected chi connectivity index (χ4v) is 1.39. The molecule has 0 aliphatic carbocycles. The molecule has 4 nitrogen and oxygen atoms in total. The zero-order valence-electron chi connectivity index (χ0n) is 11.7. The van der Waals surface area contributed by atoms with E-state index in [2.05, 4.69) is 15.6 Å². The van der Waals surface area contributed by atoms with Gasteiger partial charge in [0.25, 0.3) is 0 Å². The van der Waals surface area contributed by atoms with Gasteiger partial charge in [0.05, 0.1) is 6.54 Å². The smallest absolute Gasteiger partial charge is 0.191 e. The highest BCUT2D eigenvalue weighted by Gasteiger charge is 2.05. The number of nitrogens with one attached hydrogen (secondary N) is 2. The SMILES string of the molecule is CN=C(NCCOc1ccc(F)cc1F)NC(C)C.I. The van der Waals surface area contributed by atoms with Gasteiger partial charge >= 0.3 is 0 Å². The van der Waals surface area contributed by atoms with Crippen LogP contribution in [0, 0.1) is 11.6 Å². The summed E-state index contributed by atoms with van der Waals surface area (Å²) >= 11 is 0. The summed E-state index contributed by atoms with van der Waals surface area (Å²) in [5.41, 5.74) is 0. The topological polar surface area (TPSA) is 45.7 Å². The number of halogens is 3. The third-order valence-corrected chi connectivity index (χ3v) is 2.19. The Morgan fingerprint density at radius 3 is 2.60 bits per heavy atom. The van der Waals surface area contributed by atoms with E-state index >= 15 is 0 Å². The van der Waals surface area contributed by atoms with Crippen LogP contribution in [0.3, 0.4) is 0 Å². The number of aliphatic imine (C=N–C) groups is 1. The lowest BCUT2D eigenvalue weighted by Gasteiger charge is -2.14. The van der Waals surface area contributed by atoms with Gasteiger partial charge in [-0.15, -0.1) is 24.0 Å². The van der Waals surface area contributed by atoms with Gasteiger partial charge in [-0.25, -0.2) is 8.78 Å². The van der Waals surface area contributed by atoms with Crippen molar-refractivity contribution in [3.8, 4) is 5.75 Å². The molecule has 0 saturated heterocycles. The number of hydrogen-bond acceptors (Lipinski definition) is 2. The maximum absolute atomic E-state index is 13.3. The molecule has 0 unspecified atom stereocenters. The maximum atomic E-state index is 13.3. The minimum Gasteiger partial charge on any atom is -0.489 e. The Morgan fingerprint density at radius 2 is 2.05 bits per heavy atom. The highest BCUT2D eigenvalue weighted by Crippen LogP contribution is 2.17. The number of nitrogens with zero attached hydrogens (tertiary/aromatic N) is 1. The first-order chi connectivity index (χ1) is 9.02. The first-order valence-electron chi connectivity index (χ1n) is 6.08. The molecule has 114 valence electrons. The van der Waals surface area contributed by atoms with E-state index in [1.165, 1.54) is 6.07 Å². The summed E-state index contributed by atoms with van der Waals surface area (Å²) in [5, 5.41) is 6.13.